The summed E-state index contributed by atoms with van der Waals surface area (Å²) in [6.07, 6.45) is 4.01. The Kier molecular flexibility index (Phi) is 4.02. The van der Waals surface area contributed by atoms with Gasteiger partial charge < -0.3 is 10.5 Å². The van der Waals surface area contributed by atoms with Crippen molar-refractivity contribution in [3.8, 4) is 5.75 Å². The number of carbonyl (C=O) groups excluding carboxylic acids is 1. The largest absolute Gasteiger partial charge is 0.493 e. The van der Waals surface area contributed by atoms with E-state index in [1.54, 1.807) is 0 Å². The molecule has 3 heteroatoms. The molecule has 18 heavy (non-hydrogen) atoms. The Morgan fingerprint density at radius 1 is 1.33 bits per heavy atom. The second kappa shape index (κ2) is 5.53. The van der Waals surface area contributed by atoms with Crippen molar-refractivity contribution in [1.82, 2.24) is 0 Å². The molecule has 0 aromatic heterocycles. The lowest BCUT2D eigenvalue weighted by molar-refractivity contribution is 0.0806. The normalized spacial score (nSPS) is 17.7. The molecule has 0 heterocycles. The fraction of sp³-hybridized carbons (Fsp3) is 0.533. The molecule has 0 spiro atoms. The summed E-state index contributed by atoms with van der Waals surface area (Å²) in [5.41, 5.74) is 6.20. The number of rotatable bonds is 5. The summed E-state index contributed by atoms with van der Waals surface area (Å²) in [7, 11) is 0. The van der Waals surface area contributed by atoms with E-state index in [2.05, 4.69) is 0 Å². The van der Waals surface area contributed by atoms with Gasteiger partial charge in [-0.05, 0) is 31.9 Å². The molecule has 0 atom stereocenters. The Morgan fingerprint density at radius 3 is 2.61 bits per heavy atom. The highest BCUT2D eigenvalue weighted by molar-refractivity contribution is 6.03. The summed E-state index contributed by atoms with van der Waals surface area (Å²) >= 11 is 0. The third kappa shape index (κ3) is 2.27. The zero-order valence-corrected chi connectivity index (χ0v) is 10.9. The first-order chi connectivity index (χ1) is 8.73. The van der Waals surface area contributed by atoms with E-state index in [0.29, 0.717) is 24.5 Å². The van der Waals surface area contributed by atoms with Crippen LogP contribution >= 0.6 is 0 Å². The molecule has 1 fully saturated rings. The molecule has 98 valence electrons. The van der Waals surface area contributed by atoms with Gasteiger partial charge in [0.2, 0.25) is 0 Å². The molecule has 0 bridgehead atoms. The van der Waals surface area contributed by atoms with Gasteiger partial charge in [-0.2, -0.15) is 0 Å². The van der Waals surface area contributed by atoms with Crippen molar-refractivity contribution >= 4 is 5.78 Å². The molecular formula is C15H21NO2. The van der Waals surface area contributed by atoms with E-state index in [-0.39, 0.29) is 11.2 Å². The third-order valence-corrected chi connectivity index (χ3v) is 3.86. The second-order valence-corrected chi connectivity index (χ2v) is 4.95. The van der Waals surface area contributed by atoms with Gasteiger partial charge in [-0.3, -0.25) is 4.79 Å². The van der Waals surface area contributed by atoms with Gasteiger partial charge >= 0.3 is 0 Å². The van der Waals surface area contributed by atoms with Gasteiger partial charge in [-0.1, -0.05) is 25.0 Å². The molecule has 0 unspecified atom stereocenters. The Bertz CT molecular complexity index is 422. The SMILES string of the molecule is CCOc1ccccc1C(=O)C1(CN)CCCC1. The number of Topliss-reactive ketones (excluding diaryl/α,β-unsaturated/α-hetero) is 1. The molecule has 0 radical (unpaired) electrons. The van der Waals surface area contributed by atoms with Crippen LogP contribution in [-0.2, 0) is 0 Å². The molecule has 0 amide bonds. The first-order valence-electron chi connectivity index (χ1n) is 6.70. The Hall–Kier alpha value is -1.35. The van der Waals surface area contributed by atoms with E-state index < -0.39 is 0 Å². The number of ketones is 1. The topological polar surface area (TPSA) is 52.3 Å². The van der Waals surface area contributed by atoms with Crippen LogP contribution in [0, 0.1) is 5.41 Å². The number of nitrogens with two attached hydrogens (primary N) is 1. The van der Waals surface area contributed by atoms with Crippen molar-refractivity contribution in [2.24, 2.45) is 11.1 Å². The van der Waals surface area contributed by atoms with Crippen LogP contribution in [-0.4, -0.2) is 18.9 Å². The number of carbonyl (C=O) groups is 1. The maximum Gasteiger partial charge on any atom is 0.173 e. The van der Waals surface area contributed by atoms with Crippen LogP contribution in [0.3, 0.4) is 0 Å². The number of hydrogen-bond acceptors (Lipinski definition) is 3. The molecule has 0 saturated heterocycles. The summed E-state index contributed by atoms with van der Waals surface area (Å²) in [5, 5.41) is 0. The second-order valence-electron chi connectivity index (χ2n) is 4.95. The van der Waals surface area contributed by atoms with Crippen LogP contribution in [0.25, 0.3) is 0 Å². The Labute approximate surface area is 108 Å². The predicted molar refractivity (Wildman–Crippen MR) is 71.9 cm³/mol. The monoisotopic (exact) mass is 247 g/mol. The molecule has 1 aromatic carbocycles. The van der Waals surface area contributed by atoms with Gasteiger partial charge in [0.15, 0.2) is 5.78 Å². The van der Waals surface area contributed by atoms with Gasteiger partial charge in [0, 0.05) is 12.0 Å². The molecule has 1 aromatic rings. The van der Waals surface area contributed by atoms with E-state index in [1.807, 2.05) is 31.2 Å². The van der Waals surface area contributed by atoms with Gasteiger partial charge in [-0.25, -0.2) is 0 Å². The first kappa shape index (κ1) is 13.1. The van der Waals surface area contributed by atoms with Crippen molar-refractivity contribution in [1.29, 1.82) is 0 Å². The highest BCUT2D eigenvalue weighted by Gasteiger charge is 2.41. The number of benzene rings is 1. The van der Waals surface area contributed by atoms with Gasteiger partial charge in [0.25, 0.3) is 0 Å². The lowest BCUT2D eigenvalue weighted by atomic mass is 9.78. The number of ether oxygens (including phenoxy) is 1. The van der Waals surface area contributed by atoms with Gasteiger partial charge in [-0.15, -0.1) is 0 Å². The van der Waals surface area contributed by atoms with E-state index in [9.17, 15) is 4.79 Å². The molecule has 2 N–H and O–H groups in total. The fourth-order valence-electron chi connectivity index (χ4n) is 2.80. The maximum atomic E-state index is 12.7. The van der Waals surface area contributed by atoms with Crippen LogP contribution in [0.5, 0.6) is 5.75 Å². The number of para-hydroxylation sites is 1. The summed E-state index contributed by atoms with van der Waals surface area (Å²) in [6, 6.07) is 7.49. The smallest absolute Gasteiger partial charge is 0.173 e. The molecule has 2 rings (SSSR count). The third-order valence-electron chi connectivity index (χ3n) is 3.86. The van der Waals surface area contributed by atoms with Gasteiger partial charge in [0.05, 0.1) is 12.2 Å². The lowest BCUT2D eigenvalue weighted by Crippen LogP contribution is -2.36. The molecule has 1 aliphatic rings. The van der Waals surface area contributed by atoms with Crippen LogP contribution in [0.4, 0.5) is 0 Å². The standard InChI is InChI=1S/C15H21NO2/c1-2-18-13-8-4-3-7-12(13)14(17)15(11-16)9-5-6-10-15/h3-4,7-8H,2,5-6,9-11,16H2,1H3. The van der Waals surface area contributed by atoms with E-state index in [1.165, 1.54) is 0 Å². The zero-order valence-electron chi connectivity index (χ0n) is 10.9. The van der Waals surface area contributed by atoms with Crippen molar-refractivity contribution in [2.75, 3.05) is 13.2 Å². The summed E-state index contributed by atoms with van der Waals surface area (Å²) in [6.45, 7) is 2.93. The maximum absolute atomic E-state index is 12.7. The van der Waals surface area contributed by atoms with Crippen LogP contribution in [0.15, 0.2) is 24.3 Å². The summed E-state index contributed by atoms with van der Waals surface area (Å²) in [5.74, 6) is 0.844. The highest BCUT2D eigenvalue weighted by Crippen LogP contribution is 2.41. The van der Waals surface area contributed by atoms with Crippen molar-refractivity contribution in [2.45, 2.75) is 32.6 Å². The van der Waals surface area contributed by atoms with E-state index >= 15 is 0 Å². The molecule has 3 nitrogen and oxygen atoms in total. The van der Waals surface area contributed by atoms with Crippen molar-refractivity contribution < 1.29 is 9.53 Å². The molecule has 1 aliphatic carbocycles. The predicted octanol–water partition coefficient (Wildman–Crippen LogP) is 2.79. The highest BCUT2D eigenvalue weighted by atomic mass is 16.5. The van der Waals surface area contributed by atoms with Crippen LogP contribution in [0.2, 0.25) is 0 Å². The Balaban J connectivity index is 2.33. The van der Waals surface area contributed by atoms with Crippen molar-refractivity contribution in [3.63, 3.8) is 0 Å². The average molecular weight is 247 g/mol. The minimum absolute atomic E-state index is 0.159. The minimum Gasteiger partial charge on any atom is -0.493 e. The van der Waals surface area contributed by atoms with Crippen LogP contribution in [0.1, 0.15) is 43.0 Å². The lowest BCUT2D eigenvalue weighted by Gasteiger charge is -2.26. The van der Waals surface area contributed by atoms with Crippen molar-refractivity contribution in [3.05, 3.63) is 29.8 Å². The summed E-state index contributed by atoms with van der Waals surface area (Å²) in [4.78, 5) is 12.7. The Morgan fingerprint density at radius 2 is 2.00 bits per heavy atom. The van der Waals surface area contributed by atoms with E-state index in [4.69, 9.17) is 10.5 Å². The minimum atomic E-state index is -0.354. The van der Waals surface area contributed by atoms with Gasteiger partial charge in [0.1, 0.15) is 5.75 Å². The quantitative estimate of drug-likeness (QED) is 0.814. The van der Waals surface area contributed by atoms with E-state index in [0.717, 1.165) is 25.7 Å². The number of hydrogen-bond donors (Lipinski definition) is 1. The average Bonchev–Trinajstić information content (AvgIpc) is 2.89. The fourth-order valence-corrected chi connectivity index (χ4v) is 2.80. The molecule has 0 aliphatic heterocycles. The van der Waals surface area contributed by atoms with Crippen LogP contribution < -0.4 is 10.5 Å². The first-order valence-corrected chi connectivity index (χ1v) is 6.70. The molecule has 1 saturated carbocycles. The summed E-state index contributed by atoms with van der Waals surface area (Å²) < 4.78 is 5.55. The zero-order chi connectivity index (χ0) is 13.0. The molecular weight excluding hydrogens is 226 g/mol.